The molecule has 0 amide bonds. The topological polar surface area (TPSA) is 69.2 Å². The number of hydrogen-bond donors (Lipinski definition) is 1. The minimum Gasteiger partial charge on any atom is -0.491 e. The van der Waals surface area contributed by atoms with Gasteiger partial charge in [-0.05, 0) is 56.6 Å². The first-order valence-electron chi connectivity index (χ1n) is 10.1. The highest BCUT2D eigenvalue weighted by molar-refractivity contribution is 5.78. The minimum atomic E-state index is 0.192. The van der Waals surface area contributed by atoms with Crippen LogP contribution in [-0.4, -0.2) is 45.4 Å². The SMILES string of the molecule is CC(C)Oc1cccc(CN2CC[C@@H](c3nn(CCN)c4ncccc34)C2)c1. The van der Waals surface area contributed by atoms with Gasteiger partial charge in [-0.1, -0.05) is 12.1 Å². The number of likely N-dealkylation sites (tertiary alicyclic amines) is 1. The van der Waals surface area contributed by atoms with Crippen LogP contribution in [-0.2, 0) is 13.1 Å². The zero-order chi connectivity index (χ0) is 19.5. The van der Waals surface area contributed by atoms with E-state index in [0.717, 1.165) is 48.5 Å². The van der Waals surface area contributed by atoms with Crippen molar-refractivity contribution >= 4 is 11.0 Å². The molecule has 6 nitrogen and oxygen atoms in total. The Kier molecular flexibility index (Phi) is 5.59. The number of rotatable bonds is 7. The molecule has 2 N–H and O–H groups in total. The van der Waals surface area contributed by atoms with E-state index < -0.39 is 0 Å². The summed E-state index contributed by atoms with van der Waals surface area (Å²) in [5.41, 5.74) is 9.16. The van der Waals surface area contributed by atoms with Gasteiger partial charge >= 0.3 is 0 Å². The average molecular weight is 380 g/mol. The molecule has 1 atom stereocenters. The van der Waals surface area contributed by atoms with Crippen LogP contribution in [0, 0.1) is 0 Å². The quantitative estimate of drug-likeness (QED) is 0.683. The lowest BCUT2D eigenvalue weighted by molar-refractivity contribution is 0.241. The lowest BCUT2D eigenvalue weighted by Gasteiger charge is -2.17. The van der Waals surface area contributed by atoms with E-state index in [1.54, 1.807) is 0 Å². The first-order valence-corrected chi connectivity index (χ1v) is 10.1. The molecule has 28 heavy (non-hydrogen) atoms. The third-order valence-corrected chi connectivity index (χ3v) is 5.21. The van der Waals surface area contributed by atoms with Crippen molar-refractivity contribution in [2.75, 3.05) is 19.6 Å². The van der Waals surface area contributed by atoms with Crippen molar-refractivity contribution in [3.05, 3.63) is 53.9 Å². The summed E-state index contributed by atoms with van der Waals surface area (Å²) < 4.78 is 7.79. The molecule has 0 aliphatic carbocycles. The Balaban J connectivity index is 1.48. The van der Waals surface area contributed by atoms with Gasteiger partial charge in [0.15, 0.2) is 5.65 Å². The lowest BCUT2D eigenvalue weighted by atomic mass is 10.0. The van der Waals surface area contributed by atoms with Crippen molar-refractivity contribution in [3.8, 4) is 5.75 Å². The van der Waals surface area contributed by atoms with Gasteiger partial charge in [-0.25, -0.2) is 9.67 Å². The smallest absolute Gasteiger partial charge is 0.158 e. The van der Waals surface area contributed by atoms with Crippen LogP contribution in [0.3, 0.4) is 0 Å². The summed E-state index contributed by atoms with van der Waals surface area (Å²) in [6.45, 7) is 8.40. The second-order valence-corrected chi connectivity index (χ2v) is 7.81. The highest BCUT2D eigenvalue weighted by Gasteiger charge is 2.28. The van der Waals surface area contributed by atoms with Gasteiger partial charge in [-0.3, -0.25) is 4.90 Å². The summed E-state index contributed by atoms with van der Waals surface area (Å²) in [5.74, 6) is 1.38. The second-order valence-electron chi connectivity index (χ2n) is 7.81. The van der Waals surface area contributed by atoms with Crippen LogP contribution >= 0.6 is 0 Å². The maximum absolute atomic E-state index is 5.84. The zero-order valence-corrected chi connectivity index (χ0v) is 16.7. The van der Waals surface area contributed by atoms with Crippen LogP contribution in [0.2, 0.25) is 0 Å². The molecule has 0 radical (unpaired) electrons. The fraction of sp³-hybridized carbons (Fsp3) is 0.455. The molecule has 6 heteroatoms. The largest absolute Gasteiger partial charge is 0.491 e. The van der Waals surface area contributed by atoms with Gasteiger partial charge in [0.05, 0.1) is 18.3 Å². The molecule has 1 aliphatic heterocycles. The van der Waals surface area contributed by atoms with Crippen molar-refractivity contribution in [1.82, 2.24) is 19.7 Å². The number of aromatic nitrogens is 3. The van der Waals surface area contributed by atoms with E-state index >= 15 is 0 Å². The summed E-state index contributed by atoms with van der Waals surface area (Å²) in [6.07, 6.45) is 3.14. The number of nitrogens with two attached hydrogens (primary N) is 1. The number of pyridine rings is 1. The van der Waals surface area contributed by atoms with Gasteiger partial charge in [0, 0.05) is 37.1 Å². The highest BCUT2D eigenvalue weighted by Crippen LogP contribution is 2.32. The van der Waals surface area contributed by atoms with Gasteiger partial charge in [-0.2, -0.15) is 5.10 Å². The molecule has 148 valence electrons. The van der Waals surface area contributed by atoms with E-state index in [1.165, 1.54) is 5.56 Å². The maximum Gasteiger partial charge on any atom is 0.158 e. The Morgan fingerprint density at radius 2 is 2.14 bits per heavy atom. The maximum atomic E-state index is 5.84. The fourth-order valence-electron chi connectivity index (χ4n) is 4.06. The molecule has 1 aromatic carbocycles. The lowest BCUT2D eigenvalue weighted by Crippen LogP contribution is -2.20. The number of nitrogens with zero attached hydrogens (tertiary/aromatic N) is 4. The highest BCUT2D eigenvalue weighted by atomic mass is 16.5. The van der Waals surface area contributed by atoms with E-state index in [-0.39, 0.29) is 6.10 Å². The van der Waals surface area contributed by atoms with E-state index in [2.05, 4.69) is 48.0 Å². The number of benzene rings is 1. The second kappa shape index (κ2) is 8.29. The third-order valence-electron chi connectivity index (χ3n) is 5.21. The normalized spacial score (nSPS) is 17.6. The Morgan fingerprint density at radius 1 is 1.25 bits per heavy atom. The molecule has 1 saturated heterocycles. The standard InChI is InChI=1S/C22H29N5O/c1-16(2)28-19-6-3-5-17(13-19)14-26-11-8-18(15-26)21-20-7-4-10-24-22(20)27(25-21)12-9-23/h3-7,10,13,16,18H,8-9,11-12,14-15,23H2,1-2H3/t18-/m1/s1. The van der Waals surface area contributed by atoms with Crippen LogP contribution < -0.4 is 10.5 Å². The number of ether oxygens (including phenoxy) is 1. The Hall–Kier alpha value is -2.44. The molecule has 0 bridgehead atoms. The molecule has 4 rings (SSSR count). The van der Waals surface area contributed by atoms with Crippen molar-refractivity contribution in [2.24, 2.45) is 5.73 Å². The number of fused-ring (bicyclic) bond motifs is 1. The molecule has 3 aromatic rings. The molecular weight excluding hydrogens is 350 g/mol. The summed E-state index contributed by atoms with van der Waals surface area (Å²) in [5, 5.41) is 6.04. The first-order chi connectivity index (χ1) is 13.6. The fourth-order valence-corrected chi connectivity index (χ4v) is 4.06. The van der Waals surface area contributed by atoms with Crippen molar-refractivity contribution in [3.63, 3.8) is 0 Å². The van der Waals surface area contributed by atoms with Gasteiger partial charge in [-0.15, -0.1) is 0 Å². The Bertz CT molecular complexity index is 936. The zero-order valence-electron chi connectivity index (χ0n) is 16.7. The first kappa shape index (κ1) is 18.9. The van der Waals surface area contributed by atoms with Crippen LogP contribution in [0.15, 0.2) is 42.6 Å². The predicted octanol–water partition coefficient (Wildman–Crippen LogP) is 3.17. The molecule has 1 aliphatic rings. The Morgan fingerprint density at radius 3 is 2.96 bits per heavy atom. The van der Waals surface area contributed by atoms with Crippen molar-refractivity contribution in [2.45, 2.75) is 45.4 Å². The average Bonchev–Trinajstić information content (AvgIpc) is 3.27. The van der Waals surface area contributed by atoms with Crippen molar-refractivity contribution in [1.29, 1.82) is 0 Å². The van der Waals surface area contributed by atoms with E-state index in [4.69, 9.17) is 15.6 Å². The minimum absolute atomic E-state index is 0.192. The van der Waals surface area contributed by atoms with E-state index in [9.17, 15) is 0 Å². The summed E-state index contributed by atoms with van der Waals surface area (Å²) in [7, 11) is 0. The summed E-state index contributed by atoms with van der Waals surface area (Å²) in [4.78, 5) is 7.03. The predicted molar refractivity (Wildman–Crippen MR) is 111 cm³/mol. The molecule has 2 aromatic heterocycles. The Labute approximate surface area is 166 Å². The van der Waals surface area contributed by atoms with Gasteiger partial charge in [0.1, 0.15) is 5.75 Å². The summed E-state index contributed by atoms with van der Waals surface area (Å²) >= 11 is 0. The van der Waals surface area contributed by atoms with Crippen LogP contribution in [0.5, 0.6) is 5.75 Å². The van der Waals surface area contributed by atoms with E-state index in [1.807, 2.05) is 23.0 Å². The van der Waals surface area contributed by atoms with Gasteiger partial charge in [0.25, 0.3) is 0 Å². The van der Waals surface area contributed by atoms with Crippen molar-refractivity contribution < 1.29 is 4.74 Å². The molecule has 3 heterocycles. The summed E-state index contributed by atoms with van der Waals surface area (Å²) in [6, 6.07) is 12.6. The van der Waals surface area contributed by atoms with Crippen LogP contribution in [0.1, 0.15) is 37.4 Å². The van der Waals surface area contributed by atoms with Crippen LogP contribution in [0.25, 0.3) is 11.0 Å². The monoisotopic (exact) mass is 379 g/mol. The van der Waals surface area contributed by atoms with Gasteiger partial charge < -0.3 is 10.5 Å². The molecule has 0 saturated carbocycles. The van der Waals surface area contributed by atoms with E-state index in [0.29, 0.717) is 19.0 Å². The number of hydrogen-bond acceptors (Lipinski definition) is 5. The van der Waals surface area contributed by atoms with Crippen LogP contribution in [0.4, 0.5) is 0 Å². The molecule has 0 unspecified atom stereocenters. The van der Waals surface area contributed by atoms with Gasteiger partial charge in [0.2, 0.25) is 0 Å². The third kappa shape index (κ3) is 4.03. The molecule has 0 spiro atoms. The molecular formula is C22H29N5O. The molecule has 1 fully saturated rings.